The van der Waals surface area contributed by atoms with E-state index in [0.717, 1.165) is 5.56 Å². The Labute approximate surface area is 159 Å². The zero-order valence-corrected chi connectivity index (χ0v) is 16.1. The molecule has 0 aliphatic carbocycles. The van der Waals surface area contributed by atoms with Crippen molar-refractivity contribution in [2.75, 3.05) is 5.32 Å². The Morgan fingerprint density at radius 1 is 1.30 bits per heavy atom. The third-order valence-electron chi connectivity index (χ3n) is 3.94. The molecule has 0 amide bonds. The number of ether oxygens (including phenoxy) is 1. The lowest BCUT2D eigenvalue weighted by molar-refractivity contribution is -0.384. The molecule has 3 aromatic rings. The topological polar surface area (TPSA) is 107 Å². The lowest BCUT2D eigenvalue weighted by Crippen LogP contribution is -2.11. The Morgan fingerprint density at radius 2 is 2.04 bits per heavy atom. The van der Waals surface area contributed by atoms with Gasteiger partial charge in [-0.15, -0.1) is 11.3 Å². The van der Waals surface area contributed by atoms with Crippen LogP contribution >= 0.6 is 11.3 Å². The summed E-state index contributed by atoms with van der Waals surface area (Å²) in [5, 5.41) is 14.9. The van der Waals surface area contributed by atoms with Crippen LogP contribution in [0.3, 0.4) is 0 Å². The average Bonchev–Trinajstić information content (AvgIpc) is 2.94. The van der Waals surface area contributed by atoms with Gasteiger partial charge in [-0.05, 0) is 38.8 Å². The van der Waals surface area contributed by atoms with Gasteiger partial charge >= 0.3 is 5.97 Å². The quantitative estimate of drug-likeness (QED) is 0.390. The number of hydrogen-bond acceptors (Lipinski definition) is 8. The van der Waals surface area contributed by atoms with Crippen LogP contribution in [0.15, 0.2) is 24.5 Å². The number of nitro groups is 1. The van der Waals surface area contributed by atoms with Crippen molar-refractivity contribution >= 4 is 44.7 Å². The summed E-state index contributed by atoms with van der Waals surface area (Å²) >= 11 is 1.24. The molecule has 0 saturated carbocycles. The molecule has 0 unspecified atom stereocenters. The zero-order chi connectivity index (χ0) is 19.7. The third kappa shape index (κ3) is 3.72. The third-order valence-corrected chi connectivity index (χ3v) is 5.12. The van der Waals surface area contributed by atoms with Crippen molar-refractivity contribution < 1.29 is 14.5 Å². The molecule has 27 heavy (non-hydrogen) atoms. The molecule has 0 atom stereocenters. The molecule has 2 aromatic heterocycles. The number of hydrogen-bond donors (Lipinski definition) is 1. The number of esters is 1. The number of non-ortho nitro benzene ring substituents is 1. The molecule has 0 radical (unpaired) electrons. The van der Waals surface area contributed by atoms with Gasteiger partial charge in [-0.3, -0.25) is 10.1 Å². The van der Waals surface area contributed by atoms with E-state index in [2.05, 4.69) is 15.3 Å². The SMILES string of the molecule is Cc1ccc([N+](=O)[O-])cc1Nc1ncnc2sc(C(=O)OC(C)C)c(C)c12. The molecular weight excluding hydrogens is 368 g/mol. The molecule has 1 N–H and O–H groups in total. The fraction of sp³-hybridized carbons (Fsp3) is 0.278. The summed E-state index contributed by atoms with van der Waals surface area (Å²) in [6.45, 7) is 7.23. The normalized spacial score (nSPS) is 11.0. The Bertz CT molecular complexity index is 1050. The van der Waals surface area contributed by atoms with Crippen LogP contribution in [0.4, 0.5) is 17.2 Å². The molecule has 140 valence electrons. The molecule has 0 bridgehead atoms. The highest BCUT2D eigenvalue weighted by Gasteiger charge is 2.21. The summed E-state index contributed by atoms with van der Waals surface area (Å²) < 4.78 is 5.29. The van der Waals surface area contributed by atoms with Crippen molar-refractivity contribution in [1.29, 1.82) is 0 Å². The fourth-order valence-electron chi connectivity index (χ4n) is 2.61. The van der Waals surface area contributed by atoms with Crippen LogP contribution in [0.1, 0.15) is 34.6 Å². The molecule has 3 rings (SSSR count). The van der Waals surface area contributed by atoms with Gasteiger partial charge in [0.2, 0.25) is 0 Å². The van der Waals surface area contributed by atoms with Gasteiger partial charge in [-0.2, -0.15) is 0 Å². The van der Waals surface area contributed by atoms with E-state index in [1.165, 1.54) is 29.8 Å². The molecule has 1 aromatic carbocycles. The van der Waals surface area contributed by atoms with E-state index in [-0.39, 0.29) is 11.8 Å². The number of fused-ring (bicyclic) bond motifs is 1. The zero-order valence-electron chi connectivity index (χ0n) is 15.3. The Hall–Kier alpha value is -3.07. The highest BCUT2D eigenvalue weighted by Crippen LogP contribution is 2.36. The number of thiophene rings is 1. The predicted octanol–water partition coefficient (Wildman–Crippen LogP) is 4.53. The number of anilines is 2. The first-order chi connectivity index (χ1) is 12.8. The van der Waals surface area contributed by atoms with Gasteiger partial charge in [0.1, 0.15) is 21.9 Å². The summed E-state index contributed by atoms with van der Waals surface area (Å²) in [6.07, 6.45) is 1.17. The maximum Gasteiger partial charge on any atom is 0.348 e. The minimum atomic E-state index is -0.448. The van der Waals surface area contributed by atoms with E-state index < -0.39 is 10.9 Å². The van der Waals surface area contributed by atoms with Crippen molar-refractivity contribution in [2.24, 2.45) is 0 Å². The smallest absolute Gasteiger partial charge is 0.348 e. The summed E-state index contributed by atoms with van der Waals surface area (Å²) in [7, 11) is 0. The number of carbonyl (C=O) groups excluding carboxylic acids is 1. The Morgan fingerprint density at radius 3 is 2.70 bits per heavy atom. The summed E-state index contributed by atoms with van der Waals surface area (Å²) in [4.78, 5) is 32.6. The van der Waals surface area contributed by atoms with Gasteiger partial charge in [-0.25, -0.2) is 14.8 Å². The van der Waals surface area contributed by atoms with Gasteiger partial charge in [0.15, 0.2) is 0 Å². The molecule has 0 aliphatic heterocycles. The Kier molecular flexibility index (Phi) is 5.04. The van der Waals surface area contributed by atoms with Crippen LogP contribution < -0.4 is 5.32 Å². The van der Waals surface area contributed by atoms with E-state index in [0.29, 0.717) is 32.2 Å². The first-order valence-corrected chi connectivity index (χ1v) is 9.06. The Balaban J connectivity index is 2.06. The maximum atomic E-state index is 12.3. The predicted molar refractivity (Wildman–Crippen MR) is 104 cm³/mol. The van der Waals surface area contributed by atoms with Crippen molar-refractivity contribution in [3.8, 4) is 0 Å². The van der Waals surface area contributed by atoms with Gasteiger partial charge < -0.3 is 10.1 Å². The number of aryl methyl sites for hydroxylation is 2. The minimum absolute atomic E-state index is 0.0170. The van der Waals surface area contributed by atoms with Crippen LogP contribution in [-0.4, -0.2) is 27.0 Å². The molecule has 9 heteroatoms. The van der Waals surface area contributed by atoms with Crippen LogP contribution in [0.25, 0.3) is 10.2 Å². The highest BCUT2D eigenvalue weighted by molar-refractivity contribution is 7.20. The molecular formula is C18H18N4O4S. The van der Waals surface area contributed by atoms with Crippen LogP contribution in [0.2, 0.25) is 0 Å². The number of nitrogens with zero attached hydrogens (tertiary/aromatic N) is 3. The minimum Gasteiger partial charge on any atom is -0.459 e. The van der Waals surface area contributed by atoms with E-state index in [4.69, 9.17) is 4.74 Å². The number of aromatic nitrogens is 2. The molecule has 0 fully saturated rings. The van der Waals surface area contributed by atoms with Gasteiger partial charge in [-0.1, -0.05) is 6.07 Å². The summed E-state index contributed by atoms with van der Waals surface area (Å²) in [5.41, 5.74) is 2.10. The van der Waals surface area contributed by atoms with E-state index in [1.54, 1.807) is 19.9 Å². The first-order valence-electron chi connectivity index (χ1n) is 8.25. The van der Waals surface area contributed by atoms with Crippen molar-refractivity contribution in [1.82, 2.24) is 9.97 Å². The van der Waals surface area contributed by atoms with Gasteiger partial charge in [0.25, 0.3) is 5.69 Å². The van der Waals surface area contributed by atoms with Crippen molar-refractivity contribution in [3.05, 3.63) is 50.6 Å². The molecule has 0 saturated heterocycles. The lowest BCUT2D eigenvalue weighted by atomic mass is 10.1. The second-order valence-electron chi connectivity index (χ2n) is 6.29. The number of carbonyl (C=O) groups is 1. The number of rotatable bonds is 5. The molecule has 0 spiro atoms. The van der Waals surface area contributed by atoms with Crippen molar-refractivity contribution in [3.63, 3.8) is 0 Å². The first kappa shape index (κ1) is 18.7. The van der Waals surface area contributed by atoms with Crippen molar-refractivity contribution in [2.45, 2.75) is 33.8 Å². The molecule has 2 heterocycles. The van der Waals surface area contributed by atoms with Crippen LogP contribution in [0, 0.1) is 24.0 Å². The summed E-state index contributed by atoms with van der Waals surface area (Å²) in [5.74, 6) is 0.0870. The van der Waals surface area contributed by atoms with Gasteiger partial charge in [0.05, 0.1) is 16.4 Å². The average molecular weight is 386 g/mol. The molecule has 8 nitrogen and oxygen atoms in total. The van der Waals surface area contributed by atoms with E-state index in [1.807, 2.05) is 13.8 Å². The second-order valence-corrected chi connectivity index (χ2v) is 7.29. The number of nitrogens with one attached hydrogen (secondary N) is 1. The number of benzene rings is 1. The van der Waals surface area contributed by atoms with Gasteiger partial charge in [0, 0.05) is 17.8 Å². The standard InChI is InChI=1S/C18H18N4O4S/c1-9(2)26-18(23)15-11(4)14-16(19-8-20-17(14)27-15)21-13-7-12(22(24)25)6-5-10(13)3/h5-9H,1-4H3,(H,19,20,21). The summed E-state index contributed by atoms with van der Waals surface area (Å²) in [6, 6.07) is 4.58. The van der Waals surface area contributed by atoms with Crippen LogP contribution in [0.5, 0.6) is 0 Å². The van der Waals surface area contributed by atoms with Crippen LogP contribution in [-0.2, 0) is 4.74 Å². The second kappa shape index (κ2) is 7.28. The fourth-order valence-corrected chi connectivity index (χ4v) is 3.65. The largest absolute Gasteiger partial charge is 0.459 e. The highest BCUT2D eigenvalue weighted by atomic mass is 32.1. The number of nitro benzene ring substituents is 1. The maximum absolute atomic E-state index is 12.3. The monoisotopic (exact) mass is 386 g/mol. The van der Waals surface area contributed by atoms with E-state index >= 15 is 0 Å². The molecule has 0 aliphatic rings. The lowest BCUT2D eigenvalue weighted by Gasteiger charge is -2.10. The van der Waals surface area contributed by atoms with E-state index in [9.17, 15) is 14.9 Å².